The van der Waals surface area contributed by atoms with Gasteiger partial charge in [-0.05, 0) is 18.2 Å². The number of pyridine rings is 1. The second kappa shape index (κ2) is 5.65. The maximum Gasteiger partial charge on any atom is 0.418 e. The van der Waals surface area contributed by atoms with Gasteiger partial charge in [-0.1, -0.05) is 24.3 Å². The van der Waals surface area contributed by atoms with Gasteiger partial charge in [0.2, 0.25) is 0 Å². The second-order valence-electron chi connectivity index (χ2n) is 5.32. The molecule has 25 heavy (non-hydrogen) atoms. The van der Waals surface area contributed by atoms with Crippen molar-refractivity contribution in [3.05, 3.63) is 69.9 Å². The summed E-state index contributed by atoms with van der Waals surface area (Å²) in [7, 11) is 0. The fourth-order valence-electron chi connectivity index (χ4n) is 2.62. The molecule has 0 radical (unpaired) electrons. The smallest absolute Gasteiger partial charge is 0.354 e. The van der Waals surface area contributed by atoms with Crippen molar-refractivity contribution in [1.82, 2.24) is 4.98 Å². The molecule has 0 saturated carbocycles. The van der Waals surface area contributed by atoms with Crippen molar-refractivity contribution >= 4 is 10.9 Å². The Bertz CT molecular complexity index is 1000. The lowest BCUT2D eigenvalue weighted by Crippen LogP contribution is -2.12. The van der Waals surface area contributed by atoms with E-state index in [0.29, 0.717) is 0 Å². The molecule has 0 aliphatic heterocycles. The molecule has 0 atom stereocenters. The average Bonchev–Trinajstić information content (AvgIpc) is 2.52. The van der Waals surface area contributed by atoms with E-state index in [4.69, 9.17) is 0 Å². The van der Waals surface area contributed by atoms with Crippen molar-refractivity contribution in [2.24, 2.45) is 0 Å². The van der Waals surface area contributed by atoms with Crippen LogP contribution in [0.3, 0.4) is 0 Å². The van der Waals surface area contributed by atoms with E-state index in [0.717, 1.165) is 36.4 Å². The van der Waals surface area contributed by atoms with Crippen LogP contribution in [0.5, 0.6) is 0 Å². The predicted molar refractivity (Wildman–Crippen MR) is 80.0 cm³/mol. The lowest BCUT2D eigenvalue weighted by atomic mass is 10.0. The highest BCUT2D eigenvalue weighted by molar-refractivity contribution is 5.85. The Morgan fingerprint density at radius 2 is 1.36 bits per heavy atom. The van der Waals surface area contributed by atoms with E-state index in [-0.39, 0.29) is 11.1 Å². The normalized spacial score (nSPS) is 12.6. The molecule has 130 valence electrons. The zero-order chi connectivity index (χ0) is 18.4. The minimum absolute atomic E-state index is 0.247. The molecule has 1 N–H and O–H groups in total. The molecular formula is C17H9F6NO. The van der Waals surface area contributed by atoms with Crippen LogP contribution in [-0.2, 0) is 12.4 Å². The summed E-state index contributed by atoms with van der Waals surface area (Å²) in [6.45, 7) is 0. The van der Waals surface area contributed by atoms with Gasteiger partial charge in [0.05, 0.1) is 22.3 Å². The molecule has 3 aromatic rings. The highest BCUT2D eigenvalue weighted by Gasteiger charge is 2.35. The third kappa shape index (κ3) is 3.11. The minimum atomic E-state index is -4.76. The van der Waals surface area contributed by atoms with Crippen molar-refractivity contribution in [1.29, 1.82) is 0 Å². The van der Waals surface area contributed by atoms with Gasteiger partial charge in [0.15, 0.2) is 5.43 Å². The van der Waals surface area contributed by atoms with E-state index in [9.17, 15) is 31.1 Å². The number of fused-ring (bicyclic) bond motifs is 1. The van der Waals surface area contributed by atoms with Crippen molar-refractivity contribution in [3.63, 3.8) is 0 Å². The van der Waals surface area contributed by atoms with Crippen LogP contribution in [0.15, 0.2) is 53.3 Å². The van der Waals surface area contributed by atoms with Gasteiger partial charge in [0.1, 0.15) is 0 Å². The van der Waals surface area contributed by atoms with Gasteiger partial charge in [0.25, 0.3) is 0 Å². The highest BCUT2D eigenvalue weighted by Crippen LogP contribution is 2.37. The van der Waals surface area contributed by atoms with Gasteiger partial charge in [-0.3, -0.25) is 4.79 Å². The topological polar surface area (TPSA) is 32.9 Å². The van der Waals surface area contributed by atoms with Crippen LogP contribution in [0.2, 0.25) is 0 Å². The molecule has 0 saturated heterocycles. The standard InChI is InChI=1S/C17H9F6NO/c18-16(19,20)11-6-2-1-4-9(11)13-8-14(25)10-5-3-7-12(15(10)24-13)17(21,22)23/h1-8H,(H,24,25). The lowest BCUT2D eigenvalue weighted by molar-refractivity contribution is -0.137. The van der Waals surface area contributed by atoms with E-state index in [1.54, 1.807) is 0 Å². The first-order valence-corrected chi connectivity index (χ1v) is 6.99. The second-order valence-corrected chi connectivity index (χ2v) is 5.32. The Kier molecular flexibility index (Phi) is 3.85. The van der Waals surface area contributed by atoms with E-state index >= 15 is 0 Å². The average molecular weight is 357 g/mol. The number of hydrogen-bond donors (Lipinski definition) is 1. The molecule has 1 aromatic heterocycles. The number of aromatic nitrogens is 1. The fraction of sp³-hybridized carbons (Fsp3) is 0.118. The first kappa shape index (κ1) is 17.1. The summed E-state index contributed by atoms with van der Waals surface area (Å²) in [6, 6.07) is 8.25. The van der Waals surface area contributed by atoms with Crippen molar-refractivity contribution in [2.45, 2.75) is 12.4 Å². The zero-order valence-electron chi connectivity index (χ0n) is 12.3. The summed E-state index contributed by atoms with van der Waals surface area (Å²) < 4.78 is 78.9. The number of halogens is 6. The molecule has 0 unspecified atom stereocenters. The molecule has 1 heterocycles. The molecule has 2 nitrogen and oxygen atoms in total. The summed E-state index contributed by atoms with van der Waals surface area (Å²) in [5.41, 5.74) is -4.24. The largest absolute Gasteiger partial charge is 0.418 e. The van der Waals surface area contributed by atoms with Crippen LogP contribution in [0.4, 0.5) is 26.3 Å². The van der Waals surface area contributed by atoms with E-state index in [1.807, 2.05) is 0 Å². The van der Waals surface area contributed by atoms with Gasteiger partial charge < -0.3 is 4.98 Å². The molecule has 2 aromatic carbocycles. The summed E-state index contributed by atoms with van der Waals surface area (Å²) in [4.78, 5) is 14.5. The van der Waals surface area contributed by atoms with Gasteiger partial charge in [-0.15, -0.1) is 0 Å². The molecule has 0 aliphatic carbocycles. The Labute approximate surface area is 136 Å². The van der Waals surface area contributed by atoms with Crippen LogP contribution in [-0.4, -0.2) is 4.98 Å². The zero-order valence-corrected chi connectivity index (χ0v) is 12.3. The predicted octanol–water partition coefficient (Wildman–Crippen LogP) is 5.23. The molecule has 8 heteroatoms. The summed E-state index contributed by atoms with van der Waals surface area (Å²) in [5, 5.41) is -0.247. The van der Waals surface area contributed by atoms with Gasteiger partial charge in [0, 0.05) is 17.0 Å². The molecule has 0 amide bonds. The van der Waals surface area contributed by atoms with Crippen LogP contribution >= 0.6 is 0 Å². The minimum Gasteiger partial charge on any atom is -0.354 e. The lowest BCUT2D eigenvalue weighted by Gasteiger charge is -2.15. The SMILES string of the molecule is O=c1cc(-c2ccccc2C(F)(F)F)[nH]c2c(C(F)(F)F)cccc12. The quantitative estimate of drug-likeness (QED) is 0.594. The third-order valence-corrected chi connectivity index (χ3v) is 3.69. The Morgan fingerprint density at radius 3 is 2.00 bits per heavy atom. The van der Waals surface area contributed by atoms with Crippen LogP contribution in [0, 0.1) is 0 Å². The maximum atomic E-state index is 13.2. The third-order valence-electron chi connectivity index (χ3n) is 3.69. The molecule has 0 spiro atoms. The van der Waals surface area contributed by atoms with Crippen LogP contribution in [0.1, 0.15) is 11.1 Å². The highest BCUT2D eigenvalue weighted by atomic mass is 19.4. The van der Waals surface area contributed by atoms with Crippen molar-refractivity contribution < 1.29 is 26.3 Å². The van der Waals surface area contributed by atoms with Gasteiger partial charge in [-0.25, -0.2) is 0 Å². The maximum absolute atomic E-state index is 13.2. The van der Waals surface area contributed by atoms with Crippen LogP contribution in [0.25, 0.3) is 22.2 Å². The van der Waals surface area contributed by atoms with Crippen molar-refractivity contribution in [2.75, 3.05) is 0 Å². The number of nitrogens with one attached hydrogen (secondary N) is 1. The fourth-order valence-corrected chi connectivity index (χ4v) is 2.62. The number of aromatic amines is 1. The van der Waals surface area contributed by atoms with Crippen molar-refractivity contribution in [3.8, 4) is 11.3 Å². The number of benzene rings is 2. The molecule has 0 fully saturated rings. The molecule has 0 aliphatic rings. The van der Waals surface area contributed by atoms with Gasteiger partial charge >= 0.3 is 12.4 Å². The summed E-state index contributed by atoms with van der Waals surface area (Å²) >= 11 is 0. The Hall–Kier alpha value is -2.77. The van der Waals surface area contributed by atoms with E-state index in [1.165, 1.54) is 12.1 Å². The van der Waals surface area contributed by atoms with Gasteiger partial charge in [-0.2, -0.15) is 26.3 Å². The summed E-state index contributed by atoms with van der Waals surface area (Å²) in [6.07, 6.45) is -9.48. The number of hydrogen-bond acceptors (Lipinski definition) is 1. The molecule has 0 bridgehead atoms. The molecular weight excluding hydrogens is 348 g/mol. The Morgan fingerprint density at radius 1 is 0.760 bits per heavy atom. The number of alkyl halides is 6. The van der Waals surface area contributed by atoms with Crippen LogP contribution < -0.4 is 5.43 Å². The van der Waals surface area contributed by atoms with E-state index < -0.39 is 40.0 Å². The van der Waals surface area contributed by atoms with E-state index in [2.05, 4.69) is 4.98 Å². The Balaban J connectivity index is 2.36. The number of rotatable bonds is 1. The number of para-hydroxylation sites is 1. The molecule has 3 rings (SSSR count). The summed E-state index contributed by atoms with van der Waals surface area (Å²) in [5.74, 6) is 0. The number of H-pyrrole nitrogens is 1. The first-order valence-electron chi connectivity index (χ1n) is 6.99. The monoisotopic (exact) mass is 357 g/mol. The first-order chi connectivity index (χ1) is 11.6.